The molecule has 2 aromatic carbocycles. The van der Waals surface area contributed by atoms with Gasteiger partial charge < -0.3 is 24.4 Å². The van der Waals surface area contributed by atoms with Gasteiger partial charge in [-0.25, -0.2) is 0 Å². The summed E-state index contributed by atoms with van der Waals surface area (Å²) in [6.07, 6.45) is 3.07. The van der Waals surface area contributed by atoms with Gasteiger partial charge in [0.15, 0.2) is 6.61 Å². The van der Waals surface area contributed by atoms with E-state index >= 15 is 0 Å². The molecule has 0 saturated carbocycles. The maximum absolute atomic E-state index is 13.2. The van der Waals surface area contributed by atoms with Crippen LogP contribution in [0.2, 0.25) is 0 Å². The first-order valence-corrected chi connectivity index (χ1v) is 11.5. The van der Waals surface area contributed by atoms with Crippen LogP contribution in [0.3, 0.4) is 0 Å². The number of amides is 2. The molecule has 2 amide bonds. The first kappa shape index (κ1) is 26.0. The van der Waals surface area contributed by atoms with Crippen molar-refractivity contribution in [1.82, 2.24) is 10.2 Å². The zero-order valence-electron chi connectivity index (χ0n) is 20.1. The number of carbonyl (C=O) groups is 2. The Hall–Kier alpha value is -3.22. The Bertz CT molecular complexity index is 850. The highest BCUT2D eigenvalue weighted by Crippen LogP contribution is 2.27. The lowest BCUT2D eigenvalue weighted by atomic mass is 10.1. The second kappa shape index (κ2) is 14.0. The van der Waals surface area contributed by atoms with E-state index in [1.165, 1.54) is 0 Å². The van der Waals surface area contributed by atoms with Crippen LogP contribution in [0.1, 0.15) is 38.7 Å². The number of nitrogens with zero attached hydrogens (tertiary/aromatic N) is 1. The van der Waals surface area contributed by atoms with Crippen molar-refractivity contribution >= 4 is 11.8 Å². The van der Waals surface area contributed by atoms with Crippen LogP contribution in [0.5, 0.6) is 17.2 Å². The third-order valence-electron chi connectivity index (χ3n) is 5.39. The van der Waals surface area contributed by atoms with E-state index in [1.54, 1.807) is 37.3 Å². The quantitative estimate of drug-likeness (QED) is 0.437. The number of nitrogens with one attached hydrogen (secondary N) is 1. The van der Waals surface area contributed by atoms with Crippen LogP contribution in [-0.2, 0) is 16.0 Å². The summed E-state index contributed by atoms with van der Waals surface area (Å²) >= 11 is 0. The van der Waals surface area contributed by atoms with Gasteiger partial charge in [-0.1, -0.05) is 50.6 Å². The van der Waals surface area contributed by atoms with Crippen molar-refractivity contribution in [3.63, 3.8) is 0 Å². The van der Waals surface area contributed by atoms with Crippen molar-refractivity contribution in [1.29, 1.82) is 0 Å². The largest absolute Gasteiger partial charge is 0.496 e. The van der Waals surface area contributed by atoms with E-state index in [0.29, 0.717) is 43.2 Å². The number of hydrogen-bond donors (Lipinski definition) is 1. The Morgan fingerprint density at radius 2 is 1.61 bits per heavy atom. The number of benzene rings is 2. The molecular weight excluding hydrogens is 420 g/mol. The monoisotopic (exact) mass is 456 g/mol. The molecule has 0 spiro atoms. The van der Waals surface area contributed by atoms with Crippen LogP contribution in [0.15, 0.2) is 48.5 Å². The minimum absolute atomic E-state index is 0.129. The van der Waals surface area contributed by atoms with Gasteiger partial charge in [0.05, 0.1) is 14.2 Å². The van der Waals surface area contributed by atoms with E-state index in [-0.39, 0.29) is 18.4 Å². The number of rotatable bonds is 14. The normalized spacial score (nSPS) is 11.4. The highest BCUT2D eigenvalue weighted by Gasteiger charge is 2.28. The summed E-state index contributed by atoms with van der Waals surface area (Å²) in [7, 11) is 3.11. The number of hydrogen-bond acceptors (Lipinski definition) is 5. The third-order valence-corrected chi connectivity index (χ3v) is 5.39. The standard InChI is InChI=1S/C26H36N2O5/c1-5-7-14-27-26(30)24(6-2)28(15-13-20-11-9-8-10-12-20)25(29)19-33-23-17-21(31-3)16-22(18-23)32-4/h8-12,16-18,24H,5-7,13-15,19H2,1-4H3,(H,27,30). The first-order chi connectivity index (χ1) is 16.0. The lowest BCUT2D eigenvalue weighted by molar-refractivity contribution is -0.142. The van der Waals surface area contributed by atoms with Crippen LogP contribution in [0, 0.1) is 0 Å². The number of unbranched alkanes of at least 4 members (excludes halogenated alkanes) is 1. The summed E-state index contributed by atoms with van der Waals surface area (Å²) in [5.41, 5.74) is 1.11. The van der Waals surface area contributed by atoms with Crippen LogP contribution in [0.4, 0.5) is 0 Å². The summed E-state index contributed by atoms with van der Waals surface area (Å²) < 4.78 is 16.3. The Morgan fingerprint density at radius 1 is 0.970 bits per heavy atom. The average molecular weight is 457 g/mol. The van der Waals surface area contributed by atoms with Crippen LogP contribution < -0.4 is 19.5 Å². The predicted octanol–water partition coefficient (Wildman–Crippen LogP) is 3.85. The van der Waals surface area contributed by atoms with E-state index in [9.17, 15) is 9.59 Å². The highest BCUT2D eigenvalue weighted by molar-refractivity contribution is 5.88. The van der Waals surface area contributed by atoms with E-state index in [1.807, 2.05) is 37.3 Å². The molecule has 0 aliphatic heterocycles. The van der Waals surface area contributed by atoms with Gasteiger partial charge in [-0.2, -0.15) is 0 Å². The molecule has 0 aliphatic rings. The molecule has 0 radical (unpaired) electrons. The summed E-state index contributed by atoms with van der Waals surface area (Å²) in [6, 6.07) is 14.5. The molecule has 0 saturated heterocycles. The highest BCUT2D eigenvalue weighted by atomic mass is 16.5. The Kier molecular flexibility index (Phi) is 11.1. The number of methoxy groups -OCH3 is 2. The second-order valence-corrected chi connectivity index (χ2v) is 7.73. The summed E-state index contributed by atoms with van der Waals surface area (Å²) in [4.78, 5) is 27.7. The lowest BCUT2D eigenvalue weighted by Gasteiger charge is -2.30. The average Bonchev–Trinajstić information content (AvgIpc) is 2.85. The lowest BCUT2D eigenvalue weighted by Crippen LogP contribution is -2.51. The Balaban J connectivity index is 2.14. The zero-order valence-corrected chi connectivity index (χ0v) is 20.1. The van der Waals surface area contributed by atoms with Crippen molar-refractivity contribution in [3.05, 3.63) is 54.1 Å². The van der Waals surface area contributed by atoms with E-state index < -0.39 is 6.04 Å². The molecule has 33 heavy (non-hydrogen) atoms. The van der Waals surface area contributed by atoms with Crippen molar-refractivity contribution < 1.29 is 23.8 Å². The Labute approximate surface area is 197 Å². The molecule has 180 valence electrons. The van der Waals surface area contributed by atoms with E-state index in [2.05, 4.69) is 12.2 Å². The van der Waals surface area contributed by atoms with Gasteiger partial charge in [0, 0.05) is 31.3 Å². The number of carbonyl (C=O) groups excluding carboxylic acids is 2. The van der Waals surface area contributed by atoms with Gasteiger partial charge >= 0.3 is 0 Å². The van der Waals surface area contributed by atoms with Crippen molar-refractivity contribution in [2.75, 3.05) is 33.9 Å². The topological polar surface area (TPSA) is 77.1 Å². The summed E-state index contributed by atoms with van der Waals surface area (Å²) in [5.74, 6) is 1.22. The molecule has 1 unspecified atom stereocenters. The predicted molar refractivity (Wildman–Crippen MR) is 129 cm³/mol. The van der Waals surface area contributed by atoms with Crippen LogP contribution in [0.25, 0.3) is 0 Å². The van der Waals surface area contributed by atoms with Gasteiger partial charge in [0.25, 0.3) is 5.91 Å². The maximum atomic E-state index is 13.2. The molecule has 1 N–H and O–H groups in total. The summed E-state index contributed by atoms with van der Waals surface area (Å²) in [5, 5.41) is 2.97. The van der Waals surface area contributed by atoms with Gasteiger partial charge in [0.2, 0.25) is 5.91 Å². The molecule has 7 heteroatoms. The molecule has 0 aromatic heterocycles. The van der Waals surface area contributed by atoms with Gasteiger partial charge in [-0.3, -0.25) is 9.59 Å². The fourth-order valence-corrected chi connectivity index (χ4v) is 3.49. The van der Waals surface area contributed by atoms with E-state index in [0.717, 1.165) is 18.4 Å². The van der Waals surface area contributed by atoms with Gasteiger partial charge in [0.1, 0.15) is 23.3 Å². The number of ether oxygens (including phenoxy) is 3. The summed E-state index contributed by atoms with van der Waals surface area (Å²) in [6.45, 7) is 4.83. The first-order valence-electron chi connectivity index (χ1n) is 11.5. The van der Waals surface area contributed by atoms with Crippen LogP contribution >= 0.6 is 0 Å². The third kappa shape index (κ3) is 8.33. The smallest absolute Gasteiger partial charge is 0.261 e. The molecule has 0 fully saturated rings. The van der Waals surface area contributed by atoms with Crippen molar-refractivity contribution in [2.24, 2.45) is 0 Å². The maximum Gasteiger partial charge on any atom is 0.261 e. The molecule has 2 aromatic rings. The zero-order chi connectivity index (χ0) is 24.1. The second-order valence-electron chi connectivity index (χ2n) is 7.73. The SMILES string of the molecule is CCCCNC(=O)C(CC)N(CCc1ccccc1)C(=O)COc1cc(OC)cc(OC)c1. The fraction of sp³-hybridized carbons (Fsp3) is 0.462. The van der Waals surface area contributed by atoms with Crippen molar-refractivity contribution in [3.8, 4) is 17.2 Å². The minimum Gasteiger partial charge on any atom is -0.496 e. The molecule has 1 atom stereocenters. The molecule has 0 heterocycles. The molecule has 0 bridgehead atoms. The van der Waals surface area contributed by atoms with Crippen LogP contribution in [-0.4, -0.2) is 56.7 Å². The van der Waals surface area contributed by atoms with Crippen molar-refractivity contribution in [2.45, 2.75) is 45.6 Å². The molecule has 2 rings (SSSR count). The van der Waals surface area contributed by atoms with Gasteiger partial charge in [-0.15, -0.1) is 0 Å². The molecule has 0 aliphatic carbocycles. The minimum atomic E-state index is -0.554. The Morgan fingerprint density at radius 3 is 2.18 bits per heavy atom. The van der Waals surface area contributed by atoms with E-state index in [4.69, 9.17) is 14.2 Å². The molecule has 7 nitrogen and oxygen atoms in total. The fourth-order valence-electron chi connectivity index (χ4n) is 3.49. The van der Waals surface area contributed by atoms with Gasteiger partial charge in [-0.05, 0) is 24.8 Å². The molecular formula is C26H36N2O5.